The number of aromatic amines is 1. The number of carbonyl (C=O) groups excluding carboxylic acids is 4. The number of morpholine rings is 1. The van der Waals surface area contributed by atoms with E-state index in [1.165, 1.54) is 27.2 Å². The summed E-state index contributed by atoms with van der Waals surface area (Å²) in [7, 11) is 4.35. The lowest BCUT2D eigenvalue weighted by molar-refractivity contribution is -0.140. The number of nitrogens with zero attached hydrogens (tertiary/aromatic N) is 5. The predicted octanol–water partition coefficient (Wildman–Crippen LogP) is 6.21. The van der Waals surface area contributed by atoms with E-state index < -0.39 is 36.1 Å². The molecule has 3 unspecified atom stereocenters. The number of carboxylic acid groups (broad SMARTS) is 2. The van der Waals surface area contributed by atoms with Crippen molar-refractivity contribution in [3.05, 3.63) is 116 Å². The number of fused-ring (bicyclic) bond motifs is 1. The van der Waals surface area contributed by atoms with Gasteiger partial charge in [-0.15, -0.1) is 0 Å². The molecule has 8 rings (SSSR count). The van der Waals surface area contributed by atoms with Crippen molar-refractivity contribution in [3.63, 3.8) is 0 Å². The van der Waals surface area contributed by atoms with Crippen molar-refractivity contribution >= 4 is 86.7 Å². The Labute approximate surface area is 519 Å². The lowest BCUT2D eigenvalue weighted by Gasteiger charge is -2.37. The van der Waals surface area contributed by atoms with Crippen molar-refractivity contribution in [3.8, 4) is 17.0 Å². The highest BCUT2D eigenvalue weighted by Crippen LogP contribution is 2.35. The van der Waals surface area contributed by atoms with Gasteiger partial charge in [0.2, 0.25) is 18.2 Å². The molecule has 474 valence electrons. The van der Waals surface area contributed by atoms with Gasteiger partial charge in [-0.25, -0.2) is 19.4 Å². The molecule has 2 aromatic heterocycles. The molecule has 2 saturated heterocycles. The van der Waals surface area contributed by atoms with E-state index in [0.717, 1.165) is 85.9 Å². The first-order chi connectivity index (χ1) is 42.4. The molecule has 3 amide bonds. The van der Waals surface area contributed by atoms with Crippen LogP contribution in [0, 0.1) is 20.8 Å². The van der Waals surface area contributed by atoms with Gasteiger partial charge in [0.15, 0.2) is 5.82 Å². The number of rotatable bonds is 27. The third kappa shape index (κ3) is 18.9. The lowest BCUT2D eigenvalue weighted by atomic mass is 9.94. The van der Waals surface area contributed by atoms with E-state index in [-0.39, 0.29) is 54.3 Å². The van der Waals surface area contributed by atoms with Crippen LogP contribution < -0.4 is 52.4 Å². The fraction of sp³-hybridized carbons (Fsp3) is 0.459. The van der Waals surface area contributed by atoms with Gasteiger partial charge in [-0.2, -0.15) is 4.98 Å². The molecule has 0 saturated carbocycles. The van der Waals surface area contributed by atoms with E-state index >= 15 is 0 Å². The van der Waals surface area contributed by atoms with E-state index in [1.807, 2.05) is 44.9 Å². The molecule has 0 spiro atoms. The SMILES string of the molecule is CCCC(NC(=O)c1ccc(NCC2CNc3nc(N)[nH]c(=O)c3N2C)cc1)C(=O)O.CCN(c1cc(-c2cccc(CN3CCOCC3)c2)cc(C(=O)NCc2c(C)cc(C)nc2OC(=O)OCCSSCC(NC=O)C(=O)O)c1C)C1CCOCC1. The van der Waals surface area contributed by atoms with E-state index in [0.29, 0.717) is 85.2 Å². The molecule has 3 atom stereocenters. The Morgan fingerprint density at radius 1 is 0.909 bits per heavy atom. The summed E-state index contributed by atoms with van der Waals surface area (Å²) in [5.41, 5.74) is 14.5. The molecule has 10 N–H and O–H groups in total. The zero-order valence-electron chi connectivity index (χ0n) is 50.5. The zero-order chi connectivity index (χ0) is 63.3. The van der Waals surface area contributed by atoms with E-state index in [4.69, 9.17) is 29.8 Å². The standard InChI is InChI=1S/C41H53N5O9S2.C20H27N7O4/c1-5-46(33-9-13-52-14-10-33)37-22-32(31-8-6-7-30(20-31)24-45-11-15-53-16-12-45)21-34(29(37)4)38(48)42-23-35-27(2)19-28(3)44-39(35)55-41(51)54-17-18-56-57-25-36(40(49)50)43-26-47;1-3-4-14(19(30)31)24-17(28)11-5-7-12(8-6-11)22-9-13-10-23-16-15(27(13)2)18(29)26-20(21)25-16/h6-8,19-22,26,33,36H,5,9-18,23-25H2,1-4H3,(H,42,48)(H,43,47)(H,49,50);5-8,13-14,22H,3-4,9-10H2,1-2H3,(H,24,28)(H,30,31)(H4,21,23,25,26,29). The number of ether oxygens (including phenoxy) is 4. The molecular formula is C61H80N12O13S2. The molecule has 5 heterocycles. The van der Waals surface area contributed by atoms with Gasteiger partial charge >= 0.3 is 18.1 Å². The maximum absolute atomic E-state index is 14.3. The number of aryl methyl sites for hydroxylation is 2. The van der Waals surface area contributed by atoms with Crippen LogP contribution in [0.1, 0.15) is 88.2 Å². The topological polar surface area (TPSA) is 334 Å². The van der Waals surface area contributed by atoms with Crippen LogP contribution in [0.3, 0.4) is 0 Å². The predicted molar refractivity (Wildman–Crippen MR) is 341 cm³/mol. The number of pyridine rings is 1. The second kappa shape index (κ2) is 33.3. The maximum Gasteiger partial charge on any atom is 0.515 e. The Bertz CT molecular complexity index is 3270. The molecule has 0 radical (unpaired) electrons. The summed E-state index contributed by atoms with van der Waals surface area (Å²) in [6.07, 6.45) is 2.24. The van der Waals surface area contributed by atoms with Crippen LogP contribution in [0.2, 0.25) is 0 Å². The number of hydrogen-bond donors (Lipinski definition) is 9. The highest BCUT2D eigenvalue weighted by atomic mass is 33.1. The summed E-state index contributed by atoms with van der Waals surface area (Å²) in [6, 6.07) is 19.7. The minimum Gasteiger partial charge on any atom is -0.480 e. The third-order valence-electron chi connectivity index (χ3n) is 15.2. The number of nitrogens with one attached hydrogen (secondary N) is 6. The van der Waals surface area contributed by atoms with Crippen molar-refractivity contribution in [2.24, 2.45) is 0 Å². The van der Waals surface area contributed by atoms with Crippen molar-refractivity contribution in [1.29, 1.82) is 0 Å². The third-order valence-corrected chi connectivity index (χ3v) is 17.6. The molecular weight excluding hydrogens is 1170 g/mol. The van der Waals surface area contributed by atoms with Gasteiger partial charge in [0, 0.05) is 117 Å². The fourth-order valence-electron chi connectivity index (χ4n) is 10.4. The van der Waals surface area contributed by atoms with Gasteiger partial charge in [0.25, 0.3) is 17.4 Å². The molecule has 3 aliphatic rings. The van der Waals surface area contributed by atoms with E-state index in [1.54, 1.807) is 31.2 Å². The molecule has 5 aromatic rings. The first-order valence-corrected chi connectivity index (χ1v) is 31.8. The minimum atomic E-state index is -1.13. The van der Waals surface area contributed by atoms with E-state index in [9.17, 15) is 38.7 Å². The summed E-state index contributed by atoms with van der Waals surface area (Å²) >= 11 is 0. The van der Waals surface area contributed by atoms with Gasteiger partial charge in [-0.3, -0.25) is 29.1 Å². The molecule has 0 bridgehead atoms. The second-order valence-corrected chi connectivity index (χ2v) is 23.9. The van der Waals surface area contributed by atoms with Crippen LogP contribution in [0.5, 0.6) is 5.88 Å². The Kier molecular flexibility index (Phi) is 25.5. The Hall–Kier alpha value is -8.11. The van der Waals surface area contributed by atoms with Crippen LogP contribution >= 0.6 is 21.6 Å². The quantitative estimate of drug-likeness (QED) is 0.0122. The summed E-state index contributed by atoms with van der Waals surface area (Å²) in [6.45, 7) is 17.1. The molecule has 3 aromatic carbocycles. The number of aliphatic carboxylic acids is 2. The number of benzene rings is 3. The Morgan fingerprint density at radius 2 is 1.64 bits per heavy atom. The van der Waals surface area contributed by atoms with E-state index in [2.05, 4.69) is 88.6 Å². The summed E-state index contributed by atoms with van der Waals surface area (Å²) in [5.74, 6) is -1.80. The van der Waals surface area contributed by atoms with Crippen LogP contribution in [0.15, 0.2) is 71.5 Å². The van der Waals surface area contributed by atoms with Crippen LogP contribution in [0.4, 0.5) is 33.6 Å². The largest absolute Gasteiger partial charge is 0.515 e. The number of amides is 3. The van der Waals surface area contributed by atoms with Crippen molar-refractivity contribution < 1.29 is 57.9 Å². The van der Waals surface area contributed by atoms with Gasteiger partial charge in [0.1, 0.15) is 24.4 Å². The molecule has 27 heteroatoms. The molecule has 2 fully saturated rings. The Balaban J connectivity index is 0.000000299. The summed E-state index contributed by atoms with van der Waals surface area (Å²) in [4.78, 5) is 102. The van der Waals surface area contributed by atoms with Crippen molar-refractivity contribution in [2.45, 2.75) is 97.6 Å². The van der Waals surface area contributed by atoms with Crippen molar-refractivity contribution in [1.82, 2.24) is 35.8 Å². The number of H-pyrrole nitrogens is 1. The number of hydrogen-bond acceptors (Lipinski definition) is 21. The van der Waals surface area contributed by atoms with Crippen LogP contribution in [-0.2, 0) is 41.7 Å². The zero-order valence-corrected chi connectivity index (χ0v) is 52.1. The highest BCUT2D eigenvalue weighted by molar-refractivity contribution is 8.76. The van der Waals surface area contributed by atoms with Gasteiger partial charge in [-0.05, 0) is 123 Å². The molecule has 3 aliphatic heterocycles. The first kappa shape index (κ1) is 67.4. The number of aromatic nitrogens is 3. The molecule has 25 nitrogen and oxygen atoms in total. The minimum absolute atomic E-state index is 0.00292. The summed E-state index contributed by atoms with van der Waals surface area (Å²) in [5, 5.41) is 32.6. The summed E-state index contributed by atoms with van der Waals surface area (Å²) < 4.78 is 22.1. The highest BCUT2D eigenvalue weighted by Gasteiger charge is 2.29. The fourth-order valence-corrected chi connectivity index (χ4v) is 12.4. The van der Waals surface area contributed by atoms with Gasteiger partial charge in [0.05, 0.1) is 19.3 Å². The number of carboxylic acids is 2. The van der Waals surface area contributed by atoms with Crippen molar-refractivity contribution in [2.75, 3.05) is 110 Å². The normalized spacial score (nSPS) is 15.6. The second-order valence-electron chi connectivity index (χ2n) is 21.3. The first-order valence-electron chi connectivity index (χ1n) is 29.3. The number of anilines is 5. The van der Waals surface area contributed by atoms with Crippen LogP contribution in [0.25, 0.3) is 11.1 Å². The van der Waals surface area contributed by atoms with Gasteiger partial charge < -0.3 is 71.3 Å². The number of nitrogen functional groups attached to an aromatic ring is 1. The average molecular weight is 1250 g/mol. The lowest BCUT2D eigenvalue weighted by Crippen LogP contribution is -2.48. The smallest absolute Gasteiger partial charge is 0.480 e. The van der Waals surface area contributed by atoms with Crippen LogP contribution in [-0.4, -0.2) is 175 Å². The Morgan fingerprint density at radius 3 is 2.33 bits per heavy atom. The average Bonchev–Trinajstić information content (AvgIpc) is 1.47. The number of nitrogens with two attached hydrogens (primary N) is 1. The molecule has 0 aliphatic carbocycles. The van der Waals surface area contributed by atoms with Gasteiger partial charge in [-0.1, -0.05) is 53.1 Å². The molecule has 88 heavy (non-hydrogen) atoms. The monoisotopic (exact) mass is 1250 g/mol. The number of likely N-dealkylation sites (N-methyl/N-ethyl adjacent to an activating group) is 1. The number of carbonyl (C=O) groups is 6. The maximum atomic E-state index is 14.3.